The topological polar surface area (TPSA) is 31.2 Å². The van der Waals surface area contributed by atoms with Crippen LogP contribution in [-0.2, 0) is 7.05 Å². The van der Waals surface area contributed by atoms with Crippen LogP contribution in [0.1, 0.15) is 0 Å². The summed E-state index contributed by atoms with van der Waals surface area (Å²) in [6, 6.07) is 9.28. The lowest BCUT2D eigenvalue weighted by Gasteiger charge is -2.07. The highest BCUT2D eigenvalue weighted by molar-refractivity contribution is 9.10. The molecule has 0 fully saturated rings. The molecule has 17 heavy (non-hydrogen) atoms. The summed E-state index contributed by atoms with van der Waals surface area (Å²) in [5.74, 6) is 0.815. The van der Waals surface area contributed by atoms with Gasteiger partial charge in [-0.1, -0.05) is 12.1 Å². The number of aryl methyl sites for hydroxylation is 1. The van der Waals surface area contributed by atoms with Crippen molar-refractivity contribution in [1.82, 2.24) is 4.57 Å². The zero-order chi connectivity index (χ0) is 12.4. The van der Waals surface area contributed by atoms with Gasteiger partial charge in [0.15, 0.2) is 0 Å². The van der Waals surface area contributed by atoms with Gasteiger partial charge in [-0.25, -0.2) is 0 Å². The van der Waals surface area contributed by atoms with Crippen molar-refractivity contribution in [2.45, 2.75) is 0 Å². The molecule has 0 aliphatic heterocycles. The minimum atomic E-state index is -0.0332. The molecule has 0 N–H and O–H groups in total. The number of nitrogens with zero attached hydrogens (tertiary/aromatic N) is 1. The summed E-state index contributed by atoms with van der Waals surface area (Å²) in [4.78, 5) is 11.4. The molecule has 88 valence electrons. The quantitative estimate of drug-likeness (QED) is 0.853. The molecule has 1 aromatic heterocycles. The molecular weight excluding hydrogens is 282 g/mol. The minimum absolute atomic E-state index is 0.0332. The normalized spacial score (nSPS) is 10.3. The van der Waals surface area contributed by atoms with Gasteiger partial charge in [0.2, 0.25) is 0 Å². The number of benzene rings is 1. The Hall–Kier alpha value is -1.55. The van der Waals surface area contributed by atoms with Gasteiger partial charge in [0, 0.05) is 29.3 Å². The number of methoxy groups -OCH3 is 1. The maximum Gasteiger partial charge on any atom is 0.251 e. The number of aromatic nitrogens is 1. The molecule has 0 atom stereocenters. The maximum absolute atomic E-state index is 11.4. The summed E-state index contributed by atoms with van der Waals surface area (Å²) < 4.78 is 7.47. The standard InChI is InChI=1S/C13H12BrNO2/c1-15-8-11(12(14)7-13(15)16)9-3-5-10(17-2)6-4-9/h3-8H,1-2H3. The Morgan fingerprint density at radius 2 is 1.88 bits per heavy atom. The molecule has 3 nitrogen and oxygen atoms in total. The summed E-state index contributed by atoms with van der Waals surface area (Å²) in [7, 11) is 3.37. The van der Waals surface area contributed by atoms with Crippen molar-refractivity contribution in [1.29, 1.82) is 0 Å². The van der Waals surface area contributed by atoms with Gasteiger partial charge in [0.05, 0.1) is 7.11 Å². The van der Waals surface area contributed by atoms with Crippen molar-refractivity contribution in [3.05, 3.63) is 51.4 Å². The second kappa shape index (κ2) is 4.75. The Bertz CT molecular complexity index is 587. The van der Waals surface area contributed by atoms with E-state index in [4.69, 9.17) is 4.74 Å². The largest absolute Gasteiger partial charge is 0.497 e. The minimum Gasteiger partial charge on any atom is -0.497 e. The first-order chi connectivity index (χ1) is 8.11. The molecule has 1 heterocycles. The summed E-state index contributed by atoms with van der Waals surface area (Å²) in [5, 5.41) is 0. The van der Waals surface area contributed by atoms with Crippen LogP contribution < -0.4 is 10.3 Å². The van der Waals surface area contributed by atoms with E-state index in [0.29, 0.717) is 0 Å². The van der Waals surface area contributed by atoms with E-state index in [1.807, 2.05) is 30.5 Å². The maximum atomic E-state index is 11.4. The van der Waals surface area contributed by atoms with E-state index in [-0.39, 0.29) is 5.56 Å². The van der Waals surface area contributed by atoms with Crippen LogP contribution >= 0.6 is 15.9 Å². The van der Waals surface area contributed by atoms with Gasteiger partial charge < -0.3 is 9.30 Å². The highest BCUT2D eigenvalue weighted by Crippen LogP contribution is 2.27. The Balaban J connectivity index is 2.52. The molecule has 0 unspecified atom stereocenters. The van der Waals surface area contributed by atoms with Gasteiger partial charge in [0.1, 0.15) is 5.75 Å². The number of ether oxygens (including phenoxy) is 1. The lowest BCUT2D eigenvalue weighted by molar-refractivity contribution is 0.415. The van der Waals surface area contributed by atoms with Crippen LogP contribution in [0.25, 0.3) is 11.1 Å². The van der Waals surface area contributed by atoms with Gasteiger partial charge in [-0.3, -0.25) is 4.79 Å². The van der Waals surface area contributed by atoms with Crippen LogP contribution in [0, 0.1) is 0 Å². The average molecular weight is 294 g/mol. The van der Waals surface area contributed by atoms with Crippen LogP contribution in [0.15, 0.2) is 45.8 Å². The van der Waals surface area contributed by atoms with Gasteiger partial charge >= 0.3 is 0 Å². The molecule has 0 saturated carbocycles. The van der Waals surface area contributed by atoms with Gasteiger partial charge in [0.25, 0.3) is 5.56 Å². The van der Waals surface area contributed by atoms with Crippen molar-refractivity contribution in [3.63, 3.8) is 0 Å². The number of hydrogen-bond acceptors (Lipinski definition) is 2. The van der Waals surface area contributed by atoms with Crippen molar-refractivity contribution >= 4 is 15.9 Å². The van der Waals surface area contributed by atoms with Crippen LogP contribution in [0.4, 0.5) is 0 Å². The smallest absolute Gasteiger partial charge is 0.251 e. The fourth-order valence-electron chi connectivity index (χ4n) is 1.59. The van der Waals surface area contributed by atoms with Crippen LogP contribution in [0.2, 0.25) is 0 Å². The molecular formula is C13H12BrNO2. The second-order valence-electron chi connectivity index (χ2n) is 3.71. The van der Waals surface area contributed by atoms with E-state index < -0.39 is 0 Å². The Morgan fingerprint density at radius 3 is 2.47 bits per heavy atom. The average Bonchev–Trinajstić information content (AvgIpc) is 2.34. The van der Waals surface area contributed by atoms with Crippen LogP contribution in [0.5, 0.6) is 5.75 Å². The zero-order valence-electron chi connectivity index (χ0n) is 9.61. The Morgan fingerprint density at radius 1 is 1.24 bits per heavy atom. The highest BCUT2D eigenvalue weighted by atomic mass is 79.9. The van der Waals surface area contributed by atoms with E-state index in [9.17, 15) is 4.79 Å². The summed E-state index contributed by atoms with van der Waals surface area (Å²) in [6.07, 6.45) is 1.81. The Kier molecular flexibility index (Phi) is 3.33. The molecule has 4 heteroatoms. The predicted molar refractivity (Wildman–Crippen MR) is 71.4 cm³/mol. The number of pyridine rings is 1. The number of rotatable bonds is 2. The highest BCUT2D eigenvalue weighted by Gasteiger charge is 2.05. The first-order valence-corrected chi connectivity index (χ1v) is 5.91. The van der Waals surface area contributed by atoms with Crippen molar-refractivity contribution < 1.29 is 4.74 Å². The monoisotopic (exact) mass is 293 g/mol. The fraction of sp³-hybridized carbons (Fsp3) is 0.154. The molecule has 0 saturated heterocycles. The molecule has 0 spiro atoms. The molecule has 0 amide bonds. The molecule has 2 rings (SSSR count). The first-order valence-electron chi connectivity index (χ1n) is 5.12. The van der Waals surface area contributed by atoms with E-state index in [1.54, 1.807) is 24.8 Å². The van der Waals surface area contributed by atoms with E-state index in [1.165, 1.54) is 0 Å². The third-order valence-electron chi connectivity index (χ3n) is 2.58. The SMILES string of the molecule is COc1ccc(-c2cn(C)c(=O)cc2Br)cc1. The molecule has 2 aromatic rings. The molecule has 0 radical (unpaired) electrons. The van der Waals surface area contributed by atoms with Gasteiger partial charge in [-0.15, -0.1) is 0 Å². The van der Waals surface area contributed by atoms with E-state index >= 15 is 0 Å². The summed E-state index contributed by atoms with van der Waals surface area (Å²) in [6.45, 7) is 0. The first kappa shape index (κ1) is 11.9. The van der Waals surface area contributed by atoms with Crippen molar-refractivity contribution in [2.75, 3.05) is 7.11 Å². The fourth-order valence-corrected chi connectivity index (χ4v) is 2.12. The predicted octanol–water partition coefficient (Wildman–Crippen LogP) is 2.82. The second-order valence-corrected chi connectivity index (χ2v) is 4.57. The molecule has 0 bridgehead atoms. The zero-order valence-corrected chi connectivity index (χ0v) is 11.2. The van der Waals surface area contributed by atoms with Crippen molar-refractivity contribution in [2.24, 2.45) is 7.05 Å². The summed E-state index contributed by atoms with van der Waals surface area (Å²) >= 11 is 3.41. The third kappa shape index (κ3) is 2.42. The van der Waals surface area contributed by atoms with Crippen LogP contribution in [-0.4, -0.2) is 11.7 Å². The third-order valence-corrected chi connectivity index (χ3v) is 3.23. The number of hydrogen-bond donors (Lipinski definition) is 0. The lowest BCUT2D eigenvalue weighted by Crippen LogP contribution is -2.14. The Labute approximate surface area is 108 Å². The summed E-state index contributed by atoms with van der Waals surface area (Å²) in [5.41, 5.74) is 1.98. The molecule has 1 aromatic carbocycles. The van der Waals surface area contributed by atoms with Gasteiger partial charge in [-0.2, -0.15) is 0 Å². The lowest BCUT2D eigenvalue weighted by atomic mass is 10.1. The number of halogens is 1. The van der Waals surface area contributed by atoms with E-state index in [2.05, 4.69) is 15.9 Å². The van der Waals surface area contributed by atoms with E-state index in [0.717, 1.165) is 21.3 Å². The van der Waals surface area contributed by atoms with Crippen LogP contribution in [0.3, 0.4) is 0 Å². The molecule has 0 aliphatic rings. The van der Waals surface area contributed by atoms with Gasteiger partial charge in [-0.05, 0) is 33.6 Å². The molecule has 0 aliphatic carbocycles. The van der Waals surface area contributed by atoms with Crippen molar-refractivity contribution in [3.8, 4) is 16.9 Å².